The SMILES string of the molecule is C=C1C(C)=Cc2cc(C)c(C(N)=O)cc2S1(=O)=O. The van der Waals surface area contributed by atoms with Gasteiger partial charge in [0.2, 0.25) is 15.7 Å². The molecule has 1 aliphatic heterocycles. The molecule has 1 aliphatic rings. The van der Waals surface area contributed by atoms with E-state index in [1.165, 1.54) is 6.07 Å². The number of sulfone groups is 1. The molecule has 0 bridgehead atoms. The molecule has 2 rings (SSSR count). The molecule has 2 N–H and O–H groups in total. The fraction of sp³-hybridized carbons (Fsp3) is 0.154. The van der Waals surface area contributed by atoms with Crippen LogP contribution in [0.2, 0.25) is 0 Å². The maximum Gasteiger partial charge on any atom is 0.249 e. The van der Waals surface area contributed by atoms with E-state index >= 15 is 0 Å². The van der Waals surface area contributed by atoms with Gasteiger partial charge in [0.05, 0.1) is 9.80 Å². The molecule has 5 heteroatoms. The smallest absolute Gasteiger partial charge is 0.249 e. The molecule has 1 aromatic carbocycles. The summed E-state index contributed by atoms with van der Waals surface area (Å²) in [7, 11) is -3.61. The number of hydrogen-bond acceptors (Lipinski definition) is 3. The number of amides is 1. The second-order valence-electron chi connectivity index (χ2n) is 4.32. The van der Waals surface area contributed by atoms with Crippen molar-refractivity contribution < 1.29 is 13.2 Å². The molecular formula is C13H13NO3S. The molecule has 4 nitrogen and oxygen atoms in total. The Morgan fingerprint density at radius 3 is 2.44 bits per heavy atom. The molecule has 0 radical (unpaired) electrons. The molecule has 18 heavy (non-hydrogen) atoms. The van der Waals surface area contributed by atoms with Crippen LogP contribution in [-0.2, 0) is 9.84 Å². The van der Waals surface area contributed by atoms with E-state index in [1.807, 2.05) is 0 Å². The van der Waals surface area contributed by atoms with E-state index < -0.39 is 15.7 Å². The summed E-state index contributed by atoms with van der Waals surface area (Å²) in [5.74, 6) is -0.637. The van der Waals surface area contributed by atoms with Crippen LogP contribution >= 0.6 is 0 Å². The molecule has 0 saturated carbocycles. The van der Waals surface area contributed by atoms with Crippen LogP contribution in [0, 0.1) is 6.92 Å². The van der Waals surface area contributed by atoms with Crippen LogP contribution in [0.1, 0.15) is 28.4 Å². The Hall–Kier alpha value is -1.88. The Bertz CT molecular complexity index is 712. The highest BCUT2D eigenvalue weighted by Gasteiger charge is 2.28. The van der Waals surface area contributed by atoms with E-state index in [2.05, 4.69) is 6.58 Å². The van der Waals surface area contributed by atoms with E-state index in [9.17, 15) is 13.2 Å². The van der Waals surface area contributed by atoms with Crippen LogP contribution in [0.15, 0.2) is 34.1 Å². The number of benzene rings is 1. The maximum absolute atomic E-state index is 12.2. The molecule has 0 aromatic heterocycles. The number of nitrogens with two attached hydrogens (primary N) is 1. The molecule has 1 amide bonds. The Kier molecular flexibility index (Phi) is 2.66. The minimum atomic E-state index is -3.61. The van der Waals surface area contributed by atoms with Crippen LogP contribution in [-0.4, -0.2) is 14.3 Å². The zero-order valence-corrected chi connectivity index (χ0v) is 11.0. The second-order valence-corrected chi connectivity index (χ2v) is 6.26. The predicted octanol–water partition coefficient (Wildman–Crippen LogP) is 1.80. The Morgan fingerprint density at radius 2 is 1.89 bits per heavy atom. The molecule has 94 valence electrons. The van der Waals surface area contributed by atoms with Crippen molar-refractivity contribution in [3.8, 4) is 0 Å². The minimum absolute atomic E-state index is 0.0641. The maximum atomic E-state index is 12.2. The molecule has 1 aromatic rings. The van der Waals surface area contributed by atoms with Crippen molar-refractivity contribution in [2.45, 2.75) is 18.7 Å². The quantitative estimate of drug-likeness (QED) is 0.839. The van der Waals surface area contributed by atoms with Gasteiger partial charge in [0.15, 0.2) is 0 Å². The predicted molar refractivity (Wildman–Crippen MR) is 69.7 cm³/mol. The van der Waals surface area contributed by atoms with E-state index in [4.69, 9.17) is 5.73 Å². The van der Waals surface area contributed by atoms with E-state index in [0.717, 1.165) is 0 Å². The van der Waals surface area contributed by atoms with Gasteiger partial charge in [0, 0.05) is 5.56 Å². The van der Waals surface area contributed by atoms with Crippen molar-refractivity contribution in [1.82, 2.24) is 0 Å². The zero-order valence-electron chi connectivity index (χ0n) is 10.1. The first-order chi connectivity index (χ1) is 8.25. The van der Waals surface area contributed by atoms with Gasteiger partial charge in [-0.2, -0.15) is 0 Å². The van der Waals surface area contributed by atoms with Gasteiger partial charge in [-0.25, -0.2) is 8.42 Å². The van der Waals surface area contributed by atoms with Crippen LogP contribution in [0.25, 0.3) is 6.08 Å². The summed E-state index contributed by atoms with van der Waals surface area (Å²) in [4.78, 5) is 11.4. The van der Waals surface area contributed by atoms with Gasteiger partial charge in [0.1, 0.15) is 0 Å². The van der Waals surface area contributed by atoms with Crippen molar-refractivity contribution in [3.63, 3.8) is 0 Å². The fourth-order valence-corrected chi connectivity index (χ4v) is 3.43. The molecule has 0 fully saturated rings. The Labute approximate surface area is 106 Å². The average molecular weight is 263 g/mol. The molecular weight excluding hydrogens is 250 g/mol. The number of carbonyl (C=O) groups is 1. The minimum Gasteiger partial charge on any atom is -0.366 e. The molecule has 0 unspecified atom stereocenters. The number of hydrogen-bond donors (Lipinski definition) is 1. The lowest BCUT2D eigenvalue weighted by Gasteiger charge is -2.18. The number of fused-ring (bicyclic) bond motifs is 1. The van der Waals surface area contributed by atoms with Gasteiger partial charge in [-0.1, -0.05) is 6.58 Å². The van der Waals surface area contributed by atoms with Crippen molar-refractivity contribution in [2.75, 3.05) is 0 Å². The summed E-state index contributed by atoms with van der Waals surface area (Å²) >= 11 is 0. The summed E-state index contributed by atoms with van der Waals surface area (Å²) in [6.45, 7) is 6.99. The number of allylic oxidation sites excluding steroid dienone is 1. The second kappa shape index (κ2) is 3.81. The number of aryl methyl sites for hydroxylation is 1. The topological polar surface area (TPSA) is 77.2 Å². The first kappa shape index (κ1) is 12.6. The van der Waals surface area contributed by atoms with Crippen LogP contribution in [0.3, 0.4) is 0 Å². The van der Waals surface area contributed by atoms with Crippen LogP contribution < -0.4 is 5.73 Å². The summed E-state index contributed by atoms with van der Waals surface area (Å²) in [6, 6.07) is 2.99. The normalized spacial score (nSPS) is 17.0. The first-order valence-electron chi connectivity index (χ1n) is 5.32. The van der Waals surface area contributed by atoms with Gasteiger partial charge >= 0.3 is 0 Å². The van der Waals surface area contributed by atoms with E-state index in [0.29, 0.717) is 16.7 Å². The highest BCUT2D eigenvalue weighted by molar-refractivity contribution is 7.95. The van der Waals surface area contributed by atoms with Crippen molar-refractivity contribution in [2.24, 2.45) is 5.73 Å². The Balaban J connectivity index is 2.86. The molecule has 0 spiro atoms. The molecule has 0 atom stereocenters. The summed E-state index contributed by atoms with van der Waals surface area (Å²) in [6.07, 6.45) is 1.75. The molecule has 0 aliphatic carbocycles. The lowest BCUT2D eigenvalue weighted by atomic mass is 10.0. The number of primary amides is 1. The highest BCUT2D eigenvalue weighted by Crippen LogP contribution is 2.35. The molecule has 1 heterocycles. The lowest BCUT2D eigenvalue weighted by Crippen LogP contribution is -2.17. The van der Waals surface area contributed by atoms with Crippen LogP contribution in [0.5, 0.6) is 0 Å². The monoisotopic (exact) mass is 263 g/mol. The number of rotatable bonds is 1. The lowest BCUT2D eigenvalue weighted by molar-refractivity contribution is 0.0999. The summed E-state index contributed by atoms with van der Waals surface area (Å²) in [5, 5.41) is 0. The van der Waals surface area contributed by atoms with Gasteiger partial charge in [-0.3, -0.25) is 4.79 Å². The van der Waals surface area contributed by atoms with Gasteiger partial charge in [-0.15, -0.1) is 0 Å². The van der Waals surface area contributed by atoms with Crippen molar-refractivity contribution in [1.29, 1.82) is 0 Å². The Morgan fingerprint density at radius 1 is 1.28 bits per heavy atom. The first-order valence-corrected chi connectivity index (χ1v) is 6.80. The van der Waals surface area contributed by atoms with Gasteiger partial charge in [0.25, 0.3) is 0 Å². The standard InChI is InChI=1S/C13H13NO3S/c1-7-4-10-5-8(2)11(13(14)15)6-12(10)18(16,17)9(7)3/h4-6H,3H2,1-2H3,(H2,14,15). The fourth-order valence-electron chi connectivity index (χ4n) is 1.98. The third-order valence-electron chi connectivity index (χ3n) is 3.05. The molecule has 0 saturated heterocycles. The number of carbonyl (C=O) groups excluding carboxylic acids is 1. The van der Waals surface area contributed by atoms with E-state index in [1.54, 1.807) is 26.0 Å². The zero-order chi connectivity index (χ0) is 13.7. The third-order valence-corrected chi connectivity index (χ3v) is 4.95. The summed E-state index contributed by atoms with van der Waals surface area (Å²) in [5.41, 5.74) is 7.28. The summed E-state index contributed by atoms with van der Waals surface area (Å²) < 4.78 is 24.4. The van der Waals surface area contributed by atoms with E-state index in [-0.39, 0.29) is 15.4 Å². The third kappa shape index (κ3) is 1.67. The van der Waals surface area contributed by atoms with Crippen molar-refractivity contribution in [3.05, 3.63) is 45.9 Å². The van der Waals surface area contributed by atoms with Gasteiger partial charge < -0.3 is 5.73 Å². The highest BCUT2D eigenvalue weighted by atomic mass is 32.2. The largest absolute Gasteiger partial charge is 0.366 e. The average Bonchev–Trinajstić information content (AvgIpc) is 2.25. The van der Waals surface area contributed by atoms with Crippen molar-refractivity contribution >= 4 is 21.8 Å². The van der Waals surface area contributed by atoms with Gasteiger partial charge in [-0.05, 0) is 48.8 Å². The van der Waals surface area contributed by atoms with Crippen LogP contribution in [0.4, 0.5) is 0 Å².